The number of aryl methyl sites for hydroxylation is 1. The number of methoxy groups -OCH3 is 1. The molecule has 0 bridgehead atoms. The Bertz CT molecular complexity index is 663. The van der Waals surface area contributed by atoms with E-state index in [0.717, 1.165) is 23.0 Å². The third kappa shape index (κ3) is 7.21. The van der Waals surface area contributed by atoms with Gasteiger partial charge in [0.25, 0.3) is 0 Å². The van der Waals surface area contributed by atoms with Gasteiger partial charge in [-0.1, -0.05) is 30.3 Å². The lowest BCUT2D eigenvalue weighted by Crippen LogP contribution is -2.38. The molecule has 0 aromatic heterocycles. The van der Waals surface area contributed by atoms with Crippen molar-refractivity contribution in [2.45, 2.75) is 13.5 Å². The van der Waals surface area contributed by atoms with Crippen molar-refractivity contribution in [1.29, 1.82) is 0 Å². The van der Waals surface area contributed by atoms with E-state index in [-0.39, 0.29) is 24.0 Å². The van der Waals surface area contributed by atoms with Crippen molar-refractivity contribution < 1.29 is 9.47 Å². The second kappa shape index (κ2) is 11.6. The molecule has 6 heteroatoms. The standard InChI is InChI=1S/C19H25N3O2.HI/c1-15-13-16(9-10-18(15)23-3)14-22-19(20-2)21-11-12-24-17-7-5-4-6-8-17;/h4-10,13H,11-12,14H2,1-3H3,(H2,20,21,22);1H. The van der Waals surface area contributed by atoms with Crippen molar-refractivity contribution in [3.05, 3.63) is 59.7 Å². The van der Waals surface area contributed by atoms with Gasteiger partial charge in [-0.15, -0.1) is 24.0 Å². The number of nitrogens with one attached hydrogen (secondary N) is 2. The second-order valence-electron chi connectivity index (χ2n) is 5.32. The van der Waals surface area contributed by atoms with Gasteiger partial charge in [0.15, 0.2) is 5.96 Å². The van der Waals surface area contributed by atoms with Gasteiger partial charge in [0, 0.05) is 13.6 Å². The van der Waals surface area contributed by atoms with E-state index < -0.39 is 0 Å². The van der Waals surface area contributed by atoms with Crippen LogP contribution in [0.1, 0.15) is 11.1 Å². The fraction of sp³-hybridized carbons (Fsp3) is 0.316. The number of ether oxygens (including phenoxy) is 2. The Labute approximate surface area is 166 Å². The quantitative estimate of drug-likeness (QED) is 0.291. The highest BCUT2D eigenvalue weighted by atomic mass is 127. The van der Waals surface area contributed by atoms with Gasteiger partial charge in [0.05, 0.1) is 13.7 Å². The van der Waals surface area contributed by atoms with E-state index in [4.69, 9.17) is 9.47 Å². The molecule has 2 aromatic carbocycles. The summed E-state index contributed by atoms with van der Waals surface area (Å²) in [5.41, 5.74) is 2.30. The molecule has 2 N–H and O–H groups in total. The topological polar surface area (TPSA) is 54.9 Å². The van der Waals surface area contributed by atoms with Gasteiger partial charge in [0.1, 0.15) is 18.1 Å². The van der Waals surface area contributed by atoms with Crippen molar-refractivity contribution in [3.63, 3.8) is 0 Å². The van der Waals surface area contributed by atoms with E-state index in [1.807, 2.05) is 49.4 Å². The van der Waals surface area contributed by atoms with E-state index >= 15 is 0 Å². The van der Waals surface area contributed by atoms with Crippen molar-refractivity contribution in [1.82, 2.24) is 10.6 Å². The largest absolute Gasteiger partial charge is 0.496 e. The number of hydrogen-bond acceptors (Lipinski definition) is 3. The minimum absolute atomic E-state index is 0. The van der Waals surface area contributed by atoms with Gasteiger partial charge < -0.3 is 20.1 Å². The zero-order valence-electron chi connectivity index (χ0n) is 14.9. The number of nitrogens with zero attached hydrogens (tertiary/aromatic N) is 1. The van der Waals surface area contributed by atoms with Crippen LogP contribution in [0.3, 0.4) is 0 Å². The molecular formula is C19H26IN3O2. The van der Waals surface area contributed by atoms with Crippen LogP contribution in [0.25, 0.3) is 0 Å². The predicted octanol–water partition coefficient (Wildman–Crippen LogP) is 3.37. The highest BCUT2D eigenvalue weighted by molar-refractivity contribution is 14.0. The molecule has 0 aliphatic heterocycles. The monoisotopic (exact) mass is 455 g/mol. The number of hydrogen-bond donors (Lipinski definition) is 2. The molecule has 0 heterocycles. The van der Waals surface area contributed by atoms with Crippen LogP contribution in [-0.4, -0.2) is 33.3 Å². The molecule has 0 unspecified atom stereocenters. The molecule has 136 valence electrons. The summed E-state index contributed by atoms with van der Waals surface area (Å²) in [5.74, 6) is 2.52. The normalized spacial score (nSPS) is 10.6. The number of halogens is 1. The molecule has 2 rings (SSSR count). The summed E-state index contributed by atoms with van der Waals surface area (Å²) >= 11 is 0. The molecular weight excluding hydrogens is 429 g/mol. The van der Waals surface area contributed by atoms with Crippen LogP contribution in [-0.2, 0) is 6.54 Å². The Hall–Kier alpha value is -1.96. The summed E-state index contributed by atoms with van der Waals surface area (Å²) in [7, 11) is 3.44. The van der Waals surface area contributed by atoms with Gasteiger partial charge in [-0.05, 0) is 36.2 Å². The minimum Gasteiger partial charge on any atom is -0.496 e. The zero-order chi connectivity index (χ0) is 17.2. The fourth-order valence-corrected chi connectivity index (χ4v) is 2.31. The Morgan fingerprint density at radius 3 is 2.48 bits per heavy atom. The Kier molecular flexibility index (Phi) is 9.76. The van der Waals surface area contributed by atoms with Crippen molar-refractivity contribution in [2.24, 2.45) is 4.99 Å². The van der Waals surface area contributed by atoms with Crippen molar-refractivity contribution in [2.75, 3.05) is 27.3 Å². The SMILES string of the molecule is CN=C(NCCOc1ccccc1)NCc1ccc(OC)c(C)c1.I. The highest BCUT2D eigenvalue weighted by Crippen LogP contribution is 2.18. The second-order valence-corrected chi connectivity index (χ2v) is 5.32. The van der Waals surface area contributed by atoms with Crippen LogP contribution in [0, 0.1) is 6.92 Å². The fourth-order valence-electron chi connectivity index (χ4n) is 2.31. The molecule has 0 atom stereocenters. The van der Waals surface area contributed by atoms with Gasteiger partial charge in [-0.3, -0.25) is 4.99 Å². The first-order valence-corrected chi connectivity index (χ1v) is 7.99. The first kappa shape index (κ1) is 21.1. The van der Waals surface area contributed by atoms with E-state index in [2.05, 4.69) is 21.7 Å². The zero-order valence-corrected chi connectivity index (χ0v) is 17.2. The number of para-hydroxylation sites is 1. The third-order valence-electron chi connectivity index (χ3n) is 3.55. The van der Waals surface area contributed by atoms with Crippen LogP contribution < -0.4 is 20.1 Å². The van der Waals surface area contributed by atoms with Crippen LogP contribution in [0.15, 0.2) is 53.5 Å². The summed E-state index contributed by atoms with van der Waals surface area (Å²) in [6, 6.07) is 15.9. The molecule has 0 radical (unpaired) electrons. The summed E-state index contributed by atoms with van der Waals surface area (Å²) in [6.07, 6.45) is 0. The van der Waals surface area contributed by atoms with E-state index in [1.165, 1.54) is 5.56 Å². The lowest BCUT2D eigenvalue weighted by molar-refractivity contribution is 0.322. The number of rotatable bonds is 7. The molecule has 25 heavy (non-hydrogen) atoms. The number of aliphatic imine (C=N–C) groups is 1. The van der Waals surface area contributed by atoms with Crippen LogP contribution in [0.4, 0.5) is 0 Å². The third-order valence-corrected chi connectivity index (χ3v) is 3.55. The van der Waals surface area contributed by atoms with E-state index in [9.17, 15) is 0 Å². The molecule has 0 spiro atoms. The maximum atomic E-state index is 5.65. The lowest BCUT2D eigenvalue weighted by atomic mass is 10.1. The van der Waals surface area contributed by atoms with Crippen LogP contribution in [0.2, 0.25) is 0 Å². The molecule has 0 amide bonds. The van der Waals surface area contributed by atoms with Gasteiger partial charge >= 0.3 is 0 Å². The summed E-state index contributed by atoms with van der Waals surface area (Å²) in [5, 5.41) is 6.53. The smallest absolute Gasteiger partial charge is 0.191 e. The maximum Gasteiger partial charge on any atom is 0.191 e. The molecule has 0 aliphatic rings. The molecule has 0 aliphatic carbocycles. The van der Waals surface area contributed by atoms with Gasteiger partial charge in [-0.2, -0.15) is 0 Å². The molecule has 0 fully saturated rings. The highest BCUT2D eigenvalue weighted by Gasteiger charge is 2.02. The van der Waals surface area contributed by atoms with Crippen LogP contribution >= 0.6 is 24.0 Å². The maximum absolute atomic E-state index is 5.65. The Balaban J connectivity index is 0.00000312. The van der Waals surface area contributed by atoms with E-state index in [1.54, 1.807) is 14.2 Å². The number of benzene rings is 2. The predicted molar refractivity (Wildman–Crippen MR) is 113 cm³/mol. The Morgan fingerprint density at radius 1 is 1.08 bits per heavy atom. The molecule has 2 aromatic rings. The Morgan fingerprint density at radius 2 is 1.84 bits per heavy atom. The first-order valence-electron chi connectivity index (χ1n) is 7.99. The molecule has 0 saturated heterocycles. The van der Waals surface area contributed by atoms with Gasteiger partial charge in [0.2, 0.25) is 0 Å². The minimum atomic E-state index is 0. The average Bonchev–Trinajstić information content (AvgIpc) is 2.62. The summed E-state index contributed by atoms with van der Waals surface area (Å²) in [4.78, 5) is 4.22. The van der Waals surface area contributed by atoms with Gasteiger partial charge in [-0.25, -0.2) is 0 Å². The lowest BCUT2D eigenvalue weighted by Gasteiger charge is -2.13. The van der Waals surface area contributed by atoms with Crippen LogP contribution in [0.5, 0.6) is 11.5 Å². The molecule has 5 nitrogen and oxygen atoms in total. The average molecular weight is 455 g/mol. The van der Waals surface area contributed by atoms with Crippen molar-refractivity contribution >= 4 is 29.9 Å². The van der Waals surface area contributed by atoms with E-state index in [0.29, 0.717) is 19.7 Å². The number of guanidine groups is 1. The first-order chi connectivity index (χ1) is 11.7. The summed E-state index contributed by atoms with van der Waals surface area (Å²) in [6.45, 7) is 3.99. The summed E-state index contributed by atoms with van der Waals surface area (Å²) < 4.78 is 10.9. The molecule has 0 saturated carbocycles. The van der Waals surface area contributed by atoms with Crippen molar-refractivity contribution in [3.8, 4) is 11.5 Å².